The van der Waals surface area contributed by atoms with Crippen molar-refractivity contribution < 1.29 is 14.6 Å². The standard InChI is InChI=1S/C14H18BrNO3/c1-2-10(5-6-17)16-14(18)12-8-19-13-4-3-9(15)7-11(12)13/h3-4,7,10,12,17H,2,5-6,8H2,1H3,(H,16,18). The van der Waals surface area contributed by atoms with Gasteiger partial charge >= 0.3 is 0 Å². The van der Waals surface area contributed by atoms with E-state index in [-0.39, 0.29) is 24.5 Å². The Morgan fingerprint density at radius 3 is 3.11 bits per heavy atom. The lowest BCUT2D eigenvalue weighted by Crippen LogP contribution is -2.38. The first-order valence-corrected chi connectivity index (χ1v) is 7.28. The summed E-state index contributed by atoms with van der Waals surface area (Å²) >= 11 is 3.41. The van der Waals surface area contributed by atoms with E-state index in [9.17, 15) is 4.79 Å². The van der Waals surface area contributed by atoms with Gasteiger partial charge in [-0.2, -0.15) is 0 Å². The highest BCUT2D eigenvalue weighted by molar-refractivity contribution is 9.10. The van der Waals surface area contributed by atoms with Gasteiger partial charge in [0.1, 0.15) is 18.3 Å². The molecule has 1 aliphatic rings. The van der Waals surface area contributed by atoms with Crippen molar-refractivity contribution in [3.63, 3.8) is 0 Å². The SMILES string of the molecule is CCC(CCO)NC(=O)C1COc2ccc(Br)cc21. The maximum absolute atomic E-state index is 12.3. The van der Waals surface area contributed by atoms with Crippen LogP contribution >= 0.6 is 15.9 Å². The maximum Gasteiger partial charge on any atom is 0.231 e. The van der Waals surface area contributed by atoms with Crippen molar-refractivity contribution in [1.29, 1.82) is 0 Å². The van der Waals surface area contributed by atoms with Gasteiger partial charge in [-0.25, -0.2) is 0 Å². The average molecular weight is 328 g/mol. The smallest absolute Gasteiger partial charge is 0.231 e. The number of aliphatic hydroxyl groups excluding tert-OH is 1. The second-order valence-electron chi connectivity index (χ2n) is 4.67. The molecule has 2 N–H and O–H groups in total. The molecule has 0 bridgehead atoms. The Morgan fingerprint density at radius 1 is 1.63 bits per heavy atom. The predicted octanol–water partition coefficient (Wildman–Crippen LogP) is 2.20. The molecule has 0 fully saturated rings. The Hall–Kier alpha value is -1.07. The molecule has 104 valence electrons. The number of carbonyl (C=O) groups excluding carboxylic acids is 1. The van der Waals surface area contributed by atoms with E-state index in [0.717, 1.165) is 22.2 Å². The summed E-state index contributed by atoms with van der Waals surface area (Å²) in [7, 11) is 0. The number of nitrogens with one attached hydrogen (secondary N) is 1. The fourth-order valence-electron chi connectivity index (χ4n) is 2.24. The van der Waals surface area contributed by atoms with E-state index in [2.05, 4.69) is 21.2 Å². The Morgan fingerprint density at radius 2 is 2.42 bits per heavy atom. The van der Waals surface area contributed by atoms with Gasteiger partial charge in [0.2, 0.25) is 5.91 Å². The normalized spacial score (nSPS) is 18.6. The molecule has 1 heterocycles. The second-order valence-corrected chi connectivity index (χ2v) is 5.59. The lowest BCUT2D eigenvalue weighted by Gasteiger charge is -2.18. The first-order chi connectivity index (χ1) is 9.15. The minimum atomic E-state index is -0.264. The number of aliphatic hydroxyl groups is 1. The van der Waals surface area contributed by atoms with E-state index in [1.807, 2.05) is 25.1 Å². The molecule has 2 rings (SSSR count). The van der Waals surface area contributed by atoms with Crippen molar-refractivity contribution in [2.45, 2.75) is 31.7 Å². The van der Waals surface area contributed by atoms with Crippen LogP contribution in [0.25, 0.3) is 0 Å². The maximum atomic E-state index is 12.3. The largest absolute Gasteiger partial charge is 0.492 e. The van der Waals surface area contributed by atoms with Crippen molar-refractivity contribution in [2.24, 2.45) is 0 Å². The third kappa shape index (κ3) is 3.28. The molecule has 0 aliphatic carbocycles. The summed E-state index contributed by atoms with van der Waals surface area (Å²) in [5, 5.41) is 11.9. The zero-order chi connectivity index (χ0) is 13.8. The van der Waals surface area contributed by atoms with E-state index < -0.39 is 0 Å². The number of ether oxygens (including phenoxy) is 1. The van der Waals surface area contributed by atoms with E-state index >= 15 is 0 Å². The van der Waals surface area contributed by atoms with Gasteiger partial charge in [-0.05, 0) is 31.0 Å². The van der Waals surface area contributed by atoms with Gasteiger partial charge in [0.15, 0.2) is 0 Å². The molecule has 0 spiro atoms. The molecule has 1 amide bonds. The van der Waals surface area contributed by atoms with E-state index in [4.69, 9.17) is 9.84 Å². The Kier molecular flexibility index (Phi) is 4.82. The fourth-order valence-corrected chi connectivity index (χ4v) is 2.62. The molecule has 0 aromatic heterocycles. The number of benzene rings is 1. The van der Waals surface area contributed by atoms with Gasteiger partial charge in [0.05, 0.1) is 0 Å². The Bertz CT molecular complexity index is 464. The molecule has 5 heteroatoms. The topological polar surface area (TPSA) is 58.6 Å². The average Bonchev–Trinajstić information content (AvgIpc) is 2.81. The Labute approximate surface area is 121 Å². The number of halogens is 1. The molecule has 2 atom stereocenters. The van der Waals surface area contributed by atoms with Gasteiger partial charge in [0, 0.05) is 22.7 Å². The summed E-state index contributed by atoms with van der Waals surface area (Å²) in [6.07, 6.45) is 1.40. The third-order valence-corrected chi connectivity index (χ3v) is 3.88. The summed E-state index contributed by atoms with van der Waals surface area (Å²) in [6, 6.07) is 5.73. The van der Waals surface area contributed by atoms with Crippen molar-refractivity contribution in [3.05, 3.63) is 28.2 Å². The number of rotatable bonds is 5. The van der Waals surface area contributed by atoms with Crippen molar-refractivity contribution >= 4 is 21.8 Å². The zero-order valence-electron chi connectivity index (χ0n) is 10.9. The summed E-state index contributed by atoms with van der Waals surface area (Å²) < 4.78 is 6.47. The molecular weight excluding hydrogens is 310 g/mol. The van der Waals surface area contributed by atoms with E-state index in [0.29, 0.717) is 13.0 Å². The van der Waals surface area contributed by atoms with Crippen LogP contribution in [0.1, 0.15) is 31.2 Å². The van der Waals surface area contributed by atoms with Gasteiger partial charge in [0.25, 0.3) is 0 Å². The van der Waals surface area contributed by atoms with Crippen LogP contribution in [0.5, 0.6) is 5.75 Å². The molecule has 0 saturated carbocycles. The van der Waals surface area contributed by atoms with Crippen molar-refractivity contribution in [3.8, 4) is 5.75 Å². The highest BCUT2D eigenvalue weighted by atomic mass is 79.9. The lowest BCUT2D eigenvalue weighted by molar-refractivity contribution is -0.123. The van der Waals surface area contributed by atoms with Crippen LogP contribution in [0.2, 0.25) is 0 Å². The van der Waals surface area contributed by atoms with Crippen LogP contribution in [0.4, 0.5) is 0 Å². The molecule has 2 unspecified atom stereocenters. The van der Waals surface area contributed by atoms with Crippen LogP contribution in [-0.2, 0) is 4.79 Å². The van der Waals surface area contributed by atoms with Crippen LogP contribution in [0.15, 0.2) is 22.7 Å². The van der Waals surface area contributed by atoms with Crippen LogP contribution < -0.4 is 10.1 Å². The molecule has 0 saturated heterocycles. The van der Waals surface area contributed by atoms with Crippen molar-refractivity contribution in [2.75, 3.05) is 13.2 Å². The summed E-state index contributed by atoms with van der Waals surface area (Å²) in [5.41, 5.74) is 0.922. The minimum absolute atomic E-state index is 0.0219. The summed E-state index contributed by atoms with van der Waals surface area (Å²) in [6.45, 7) is 2.46. The fraction of sp³-hybridized carbons (Fsp3) is 0.500. The molecule has 19 heavy (non-hydrogen) atoms. The number of carbonyl (C=O) groups is 1. The van der Waals surface area contributed by atoms with Gasteiger partial charge < -0.3 is 15.2 Å². The highest BCUT2D eigenvalue weighted by Crippen LogP contribution is 2.35. The van der Waals surface area contributed by atoms with Crippen LogP contribution in [0.3, 0.4) is 0 Å². The summed E-state index contributed by atoms with van der Waals surface area (Å²) in [4.78, 5) is 12.3. The molecule has 0 radical (unpaired) electrons. The monoisotopic (exact) mass is 327 g/mol. The third-order valence-electron chi connectivity index (χ3n) is 3.39. The molecule has 1 aliphatic heterocycles. The predicted molar refractivity (Wildman–Crippen MR) is 76.3 cm³/mol. The Balaban J connectivity index is 2.08. The highest BCUT2D eigenvalue weighted by Gasteiger charge is 2.31. The summed E-state index contributed by atoms with van der Waals surface area (Å²) in [5.74, 6) is 0.482. The number of fused-ring (bicyclic) bond motifs is 1. The minimum Gasteiger partial charge on any atom is -0.492 e. The van der Waals surface area contributed by atoms with Crippen LogP contribution in [0, 0.1) is 0 Å². The molecule has 4 nitrogen and oxygen atoms in total. The van der Waals surface area contributed by atoms with E-state index in [1.165, 1.54) is 0 Å². The quantitative estimate of drug-likeness (QED) is 0.871. The number of hydrogen-bond donors (Lipinski definition) is 2. The number of hydrogen-bond acceptors (Lipinski definition) is 3. The number of amides is 1. The van der Waals surface area contributed by atoms with Crippen LogP contribution in [-0.4, -0.2) is 30.3 Å². The first kappa shape index (κ1) is 14.3. The first-order valence-electron chi connectivity index (χ1n) is 6.49. The van der Waals surface area contributed by atoms with Gasteiger partial charge in [-0.15, -0.1) is 0 Å². The molecular formula is C14H18BrNO3. The molecule has 1 aromatic rings. The van der Waals surface area contributed by atoms with Gasteiger partial charge in [-0.3, -0.25) is 4.79 Å². The van der Waals surface area contributed by atoms with E-state index in [1.54, 1.807) is 0 Å². The molecule has 1 aromatic carbocycles. The van der Waals surface area contributed by atoms with Gasteiger partial charge in [-0.1, -0.05) is 22.9 Å². The second kappa shape index (κ2) is 6.39. The van der Waals surface area contributed by atoms with Crippen molar-refractivity contribution in [1.82, 2.24) is 5.32 Å². The lowest BCUT2D eigenvalue weighted by atomic mass is 9.99. The zero-order valence-corrected chi connectivity index (χ0v) is 12.4.